The number of rotatable bonds is 9. The molecule has 19 heavy (non-hydrogen) atoms. The number of hydrogen-bond acceptors (Lipinski definition) is 4. The molecule has 1 amide bonds. The Morgan fingerprint density at radius 3 is 2.79 bits per heavy atom. The molecule has 0 aliphatic carbocycles. The zero-order chi connectivity index (χ0) is 13.9. The van der Waals surface area contributed by atoms with Crippen molar-refractivity contribution in [3.05, 3.63) is 24.3 Å². The molecule has 0 radical (unpaired) electrons. The van der Waals surface area contributed by atoms with Crippen LogP contribution in [0.5, 0.6) is 5.75 Å². The van der Waals surface area contributed by atoms with Crippen LogP contribution in [0, 0.1) is 0 Å². The van der Waals surface area contributed by atoms with Gasteiger partial charge in [-0.3, -0.25) is 4.79 Å². The number of anilines is 1. The van der Waals surface area contributed by atoms with Crippen LogP contribution in [0.4, 0.5) is 5.69 Å². The van der Waals surface area contributed by atoms with Crippen LogP contribution < -0.4 is 15.8 Å². The number of unbranched alkanes of at least 4 members (excludes halogenated alkanes) is 2. The normalized spacial score (nSPS) is 10.2. The average Bonchev–Trinajstić information content (AvgIpc) is 2.42. The monoisotopic (exact) mass is 266 g/mol. The third kappa shape index (κ3) is 6.67. The predicted octanol–water partition coefficient (Wildman–Crippen LogP) is 1.58. The van der Waals surface area contributed by atoms with Crippen molar-refractivity contribution >= 4 is 11.6 Å². The third-order valence-electron chi connectivity index (χ3n) is 2.63. The topological polar surface area (TPSA) is 73.6 Å². The molecule has 1 aromatic carbocycles. The van der Waals surface area contributed by atoms with Gasteiger partial charge in [0, 0.05) is 20.3 Å². The SMILES string of the molecule is COCCCCCNC(=O)COc1ccccc1N. The standard InChI is InChI=1S/C14H22N2O3/c1-18-10-6-2-5-9-16-14(17)11-19-13-8-4-3-7-12(13)15/h3-4,7-8H,2,5-6,9-11,15H2,1H3,(H,16,17). The van der Waals surface area contributed by atoms with Gasteiger partial charge >= 0.3 is 0 Å². The molecule has 0 bridgehead atoms. The van der Waals surface area contributed by atoms with Crippen molar-refractivity contribution in [3.8, 4) is 5.75 Å². The van der Waals surface area contributed by atoms with Gasteiger partial charge in [-0.1, -0.05) is 12.1 Å². The predicted molar refractivity (Wildman–Crippen MR) is 75.1 cm³/mol. The summed E-state index contributed by atoms with van der Waals surface area (Å²) in [6.07, 6.45) is 3.01. The van der Waals surface area contributed by atoms with E-state index in [1.807, 2.05) is 12.1 Å². The lowest BCUT2D eigenvalue weighted by Gasteiger charge is -2.09. The van der Waals surface area contributed by atoms with Crippen LogP contribution in [0.1, 0.15) is 19.3 Å². The van der Waals surface area contributed by atoms with Gasteiger partial charge in [0.05, 0.1) is 5.69 Å². The van der Waals surface area contributed by atoms with Crippen molar-refractivity contribution in [2.75, 3.05) is 32.6 Å². The van der Waals surface area contributed by atoms with Crippen molar-refractivity contribution in [2.24, 2.45) is 0 Å². The van der Waals surface area contributed by atoms with Gasteiger partial charge in [0.1, 0.15) is 5.75 Å². The summed E-state index contributed by atoms with van der Waals surface area (Å²) >= 11 is 0. The minimum Gasteiger partial charge on any atom is -0.482 e. The second kappa shape index (κ2) is 9.22. The number of nitrogens with one attached hydrogen (secondary N) is 1. The number of amides is 1. The van der Waals surface area contributed by atoms with Gasteiger partial charge in [-0.15, -0.1) is 0 Å². The minimum absolute atomic E-state index is 0.00765. The highest BCUT2D eigenvalue weighted by Gasteiger charge is 2.03. The summed E-state index contributed by atoms with van der Waals surface area (Å²) in [5.74, 6) is 0.410. The highest BCUT2D eigenvalue weighted by Crippen LogP contribution is 2.19. The lowest BCUT2D eigenvalue weighted by molar-refractivity contribution is -0.123. The van der Waals surface area contributed by atoms with Crippen LogP contribution in [0.15, 0.2) is 24.3 Å². The van der Waals surface area contributed by atoms with E-state index in [0.29, 0.717) is 18.0 Å². The summed E-state index contributed by atoms with van der Waals surface area (Å²) in [5.41, 5.74) is 6.24. The largest absolute Gasteiger partial charge is 0.482 e. The van der Waals surface area contributed by atoms with Crippen LogP contribution in [-0.2, 0) is 9.53 Å². The number of carbonyl (C=O) groups excluding carboxylic acids is 1. The van der Waals surface area contributed by atoms with E-state index in [-0.39, 0.29) is 12.5 Å². The summed E-state index contributed by atoms with van der Waals surface area (Å²) in [7, 11) is 1.69. The second-order valence-electron chi connectivity index (χ2n) is 4.23. The van der Waals surface area contributed by atoms with Crippen molar-refractivity contribution in [2.45, 2.75) is 19.3 Å². The first-order chi connectivity index (χ1) is 9.24. The van der Waals surface area contributed by atoms with E-state index >= 15 is 0 Å². The van der Waals surface area contributed by atoms with Crippen LogP contribution in [0.2, 0.25) is 0 Å². The molecule has 0 unspecified atom stereocenters. The highest BCUT2D eigenvalue weighted by molar-refractivity contribution is 5.77. The van der Waals surface area contributed by atoms with Crippen LogP contribution >= 0.6 is 0 Å². The van der Waals surface area contributed by atoms with Crippen molar-refractivity contribution in [3.63, 3.8) is 0 Å². The van der Waals surface area contributed by atoms with E-state index in [1.165, 1.54) is 0 Å². The first-order valence-corrected chi connectivity index (χ1v) is 6.47. The van der Waals surface area contributed by atoms with Gasteiger partial charge in [-0.2, -0.15) is 0 Å². The molecule has 0 saturated heterocycles. The van der Waals surface area contributed by atoms with Crippen molar-refractivity contribution in [1.29, 1.82) is 0 Å². The van der Waals surface area contributed by atoms with Gasteiger partial charge in [-0.05, 0) is 31.4 Å². The van der Waals surface area contributed by atoms with Gasteiger partial charge in [0.15, 0.2) is 6.61 Å². The van der Waals surface area contributed by atoms with E-state index in [0.717, 1.165) is 25.9 Å². The smallest absolute Gasteiger partial charge is 0.257 e. The van der Waals surface area contributed by atoms with Crippen LogP contribution in [0.25, 0.3) is 0 Å². The Bertz CT molecular complexity index is 383. The zero-order valence-electron chi connectivity index (χ0n) is 11.4. The molecule has 5 nitrogen and oxygen atoms in total. The third-order valence-corrected chi connectivity index (χ3v) is 2.63. The van der Waals surface area contributed by atoms with Crippen molar-refractivity contribution < 1.29 is 14.3 Å². The molecule has 0 heterocycles. The van der Waals surface area contributed by atoms with Crippen molar-refractivity contribution in [1.82, 2.24) is 5.32 Å². The van der Waals surface area contributed by atoms with E-state index in [2.05, 4.69) is 5.32 Å². The van der Waals surface area contributed by atoms with Gasteiger partial charge < -0.3 is 20.5 Å². The van der Waals surface area contributed by atoms with Crippen LogP contribution in [-0.4, -0.2) is 32.8 Å². The summed E-state index contributed by atoms with van der Waals surface area (Å²) < 4.78 is 10.3. The summed E-state index contributed by atoms with van der Waals surface area (Å²) in [6, 6.07) is 7.12. The maximum Gasteiger partial charge on any atom is 0.257 e. The summed E-state index contributed by atoms with van der Waals surface area (Å²) in [4.78, 5) is 11.5. The Hall–Kier alpha value is -1.75. The first kappa shape index (κ1) is 15.3. The second-order valence-corrected chi connectivity index (χ2v) is 4.23. The van der Waals surface area contributed by atoms with Gasteiger partial charge in [0.25, 0.3) is 5.91 Å². The van der Waals surface area contributed by atoms with Crippen LogP contribution in [0.3, 0.4) is 0 Å². The van der Waals surface area contributed by atoms with E-state index < -0.39 is 0 Å². The molecule has 5 heteroatoms. The Kier molecular flexibility index (Phi) is 7.43. The molecule has 0 fully saturated rings. The Morgan fingerprint density at radius 2 is 2.05 bits per heavy atom. The van der Waals surface area contributed by atoms with E-state index in [1.54, 1.807) is 19.2 Å². The molecular weight excluding hydrogens is 244 g/mol. The zero-order valence-corrected chi connectivity index (χ0v) is 11.4. The molecule has 0 atom stereocenters. The Balaban J connectivity index is 2.10. The number of nitrogens with two attached hydrogens (primary N) is 1. The fourth-order valence-corrected chi connectivity index (χ4v) is 1.58. The molecular formula is C14H22N2O3. The molecule has 1 rings (SSSR count). The molecule has 0 spiro atoms. The average molecular weight is 266 g/mol. The number of benzene rings is 1. The molecule has 0 aromatic heterocycles. The summed E-state index contributed by atoms with van der Waals surface area (Å²) in [6.45, 7) is 1.42. The Labute approximate surface area is 114 Å². The lowest BCUT2D eigenvalue weighted by atomic mass is 10.2. The molecule has 0 aliphatic rings. The number of carbonyl (C=O) groups is 1. The Morgan fingerprint density at radius 1 is 1.26 bits per heavy atom. The lowest BCUT2D eigenvalue weighted by Crippen LogP contribution is -2.29. The fraction of sp³-hybridized carbons (Fsp3) is 0.500. The maximum atomic E-state index is 11.5. The quantitative estimate of drug-likeness (QED) is 0.526. The first-order valence-electron chi connectivity index (χ1n) is 6.47. The highest BCUT2D eigenvalue weighted by atomic mass is 16.5. The number of methoxy groups -OCH3 is 1. The fourth-order valence-electron chi connectivity index (χ4n) is 1.58. The number of nitrogen functional groups attached to an aromatic ring is 1. The van der Waals surface area contributed by atoms with E-state index in [4.69, 9.17) is 15.2 Å². The van der Waals surface area contributed by atoms with Gasteiger partial charge in [-0.25, -0.2) is 0 Å². The number of ether oxygens (including phenoxy) is 2. The molecule has 106 valence electrons. The van der Waals surface area contributed by atoms with Gasteiger partial charge in [0.2, 0.25) is 0 Å². The molecule has 3 N–H and O–H groups in total. The molecule has 0 aliphatic heterocycles. The molecule has 1 aromatic rings. The number of hydrogen-bond donors (Lipinski definition) is 2. The maximum absolute atomic E-state index is 11.5. The summed E-state index contributed by atoms with van der Waals surface area (Å²) in [5, 5.41) is 2.80. The minimum atomic E-state index is -0.130. The van der Waals surface area contributed by atoms with E-state index in [9.17, 15) is 4.79 Å². The number of para-hydroxylation sites is 2. The molecule has 0 saturated carbocycles.